The molecule has 0 aromatic heterocycles. The maximum absolute atomic E-state index is 11.6. The Bertz CT molecular complexity index is 269. The van der Waals surface area contributed by atoms with Crippen molar-refractivity contribution in [2.45, 2.75) is 25.1 Å². The molecule has 70 valence electrons. The number of rotatable bonds is 4. The Morgan fingerprint density at radius 2 is 2.00 bits per heavy atom. The van der Waals surface area contributed by atoms with E-state index in [0.717, 1.165) is 12.8 Å². The van der Waals surface area contributed by atoms with Crippen molar-refractivity contribution in [1.29, 1.82) is 0 Å². The number of benzene rings is 1. The van der Waals surface area contributed by atoms with Crippen molar-refractivity contribution >= 4 is 17.4 Å². The predicted octanol–water partition coefficient (Wildman–Crippen LogP) is 3.28. The molecule has 1 atom stereocenters. The molecule has 0 bridgehead atoms. The molecule has 0 saturated carbocycles. The van der Waals surface area contributed by atoms with Gasteiger partial charge in [0.15, 0.2) is 5.78 Å². The Morgan fingerprint density at radius 1 is 1.38 bits per heavy atom. The van der Waals surface area contributed by atoms with E-state index in [-0.39, 0.29) is 11.2 Å². The molecule has 1 aromatic rings. The second-order valence-electron chi connectivity index (χ2n) is 2.99. The van der Waals surface area contributed by atoms with E-state index in [4.69, 9.17) is 11.6 Å². The maximum Gasteiger partial charge on any atom is 0.180 e. The second-order valence-corrected chi connectivity index (χ2v) is 3.51. The lowest BCUT2D eigenvalue weighted by molar-refractivity contribution is 0.0984. The van der Waals surface area contributed by atoms with Crippen molar-refractivity contribution in [3.63, 3.8) is 0 Å². The number of alkyl halides is 1. The first-order chi connectivity index (χ1) is 6.25. The van der Waals surface area contributed by atoms with Crippen LogP contribution in [0.3, 0.4) is 0 Å². The van der Waals surface area contributed by atoms with Gasteiger partial charge in [-0.15, -0.1) is 11.6 Å². The van der Waals surface area contributed by atoms with Gasteiger partial charge >= 0.3 is 0 Å². The maximum atomic E-state index is 11.6. The smallest absolute Gasteiger partial charge is 0.180 e. The molecule has 0 aliphatic carbocycles. The van der Waals surface area contributed by atoms with Crippen molar-refractivity contribution in [2.24, 2.45) is 0 Å². The van der Waals surface area contributed by atoms with Crippen LogP contribution in [-0.2, 0) is 0 Å². The van der Waals surface area contributed by atoms with Crippen molar-refractivity contribution in [2.75, 3.05) is 0 Å². The molecule has 13 heavy (non-hydrogen) atoms. The SMILES string of the molecule is CCCC(Cl)C(=O)c1ccccc1. The number of hydrogen-bond donors (Lipinski definition) is 0. The average molecular weight is 197 g/mol. The Kier molecular flexibility index (Phi) is 3.97. The van der Waals surface area contributed by atoms with Crippen LogP contribution in [0.4, 0.5) is 0 Å². The van der Waals surface area contributed by atoms with Crippen molar-refractivity contribution in [3.8, 4) is 0 Å². The van der Waals surface area contributed by atoms with E-state index in [1.807, 2.05) is 25.1 Å². The molecule has 0 amide bonds. The van der Waals surface area contributed by atoms with Crippen molar-refractivity contribution in [3.05, 3.63) is 35.9 Å². The summed E-state index contributed by atoms with van der Waals surface area (Å²) >= 11 is 5.92. The van der Waals surface area contributed by atoms with Crippen LogP contribution >= 0.6 is 11.6 Å². The zero-order valence-electron chi connectivity index (χ0n) is 7.66. The molecule has 1 rings (SSSR count). The monoisotopic (exact) mass is 196 g/mol. The Balaban J connectivity index is 2.68. The zero-order chi connectivity index (χ0) is 9.68. The van der Waals surface area contributed by atoms with E-state index in [1.54, 1.807) is 12.1 Å². The van der Waals surface area contributed by atoms with Gasteiger partial charge in [-0.05, 0) is 6.42 Å². The standard InChI is InChI=1S/C11H13ClO/c1-2-6-10(12)11(13)9-7-4-3-5-8-9/h3-5,7-8,10H,2,6H2,1H3. The molecule has 0 aliphatic heterocycles. The summed E-state index contributed by atoms with van der Waals surface area (Å²) in [5.41, 5.74) is 0.705. The Morgan fingerprint density at radius 3 is 2.54 bits per heavy atom. The number of ketones is 1. The van der Waals surface area contributed by atoms with Crippen LogP contribution in [0.25, 0.3) is 0 Å². The van der Waals surface area contributed by atoms with Crippen LogP contribution in [0.2, 0.25) is 0 Å². The van der Waals surface area contributed by atoms with Crippen LogP contribution in [0.5, 0.6) is 0 Å². The topological polar surface area (TPSA) is 17.1 Å². The fourth-order valence-corrected chi connectivity index (χ4v) is 1.51. The minimum Gasteiger partial charge on any atom is -0.293 e. The van der Waals surface area contributed by atoms with Gasteiger partial charge in [0.25, 0.3) is 0 Å². The van der Waals surface area contributed by atoms with Gasteiger partial charge in [-0.2, -0.15) is 0 Å². The zero-order valence-corrected chi connectivity index (χ0v) is 8.42. The number of halogens is 1. The van der Waals surface area contributed by atoms with Crippen molar-refractivity contribution in [1.82, 2.24) is 0 Å². The van der Waals surface area contributed by atoms with Gasteiger partial charge in [0.2, 0.25) is 0 Å². The van der Waals surface area contributed by atoms with Gasteiger partial charge in [0.05, 0.1) is 5.38 Å². The summed E-state index contributed by atoms with van der Waals surface area (Å²) < 4.78 is 0. The quantitative estimate of drug-likeness (QED) is 0.534. The third kappa shape index (κ3) is 2.85. The third-order valence-corrected chi connectivity index (χ3v) is 2.30. The van der Waals surface area contributed by atoms with Crippen LogP contribution in [0, 0.1) is 0 Å². The minimum atomic E-state index is -0.368. The largest absolute Gasteiger partial charge is 0.293 e. The lowest BCUT2D eigenvalue weighted by atomic mass is 10.1. The number of Topliss-reactive ketones (excluding diaryl/α,β-unsaturated/α-hetero) is 1. The van der Waals surface area contributed by atoms with Gasteiger partial charge in [-0.25, -0.2) is 0 Å². The van der Waals surface area contributed by atoms with Crippen LogP contribution < -0.4 is 0 Å². The van der Waals surface area contributed by atoms with Crippen molar-refractivity contribution < 1.29 is 4.79 Å². The summed E-state index contributed by atoms with van der Waals surface area (Å²) in [5.74, 6) is 0.0316. The number of hydrogen-bond acceptors (Lipinski definition) is 1. The molecular formula is C11H13ClO. The summed E-state index contributed by atoms with van der Waals surface area (Å²) in [6.45, 7) is 2.02. The van der Waals surface area contributed by atoms with E-state index in [1.165, 1.54) is 0 Å². The van der Waals surface area contributed by atoms with E-state index >= 15 is 0 Å². The highest BCUT2D eigenvalue weighted by Gasteiger charge is 2.15. The molecule has 0 saturated heterocycles. The minimum absolute atomic E-state index is 0.0316. The van der Waals surface area contributed by atoms with Crippen LogP contribution in [0.1, 0.15) is 30.1 Å². The highest BCUT2D eigenvalue weighted by Crippen LogP contribution is 2.12. The molecule has 0 radical (unpaired) electrons. The van der Waals surface area contributed by atoms with E-state index in [9.17, 15) is 4.79 Å². The van der Waals surface area contributed by atoms with Gasteiger partial charge < -0.3 is 0 Å². The predicted molar refractivity (Wildman–Crippen MR) is 55.3 cm³/mol. The fourth-order valence-electron chi connectivity index (χ4n) is 1.17. The Hall–Kier alpha value is -0.820. The van der Waals surface area contributed by atoms with Gasteiger partial charge in [0, 0.05) is 5.56 Å². The van der Waals surface area contributed by atoms with E-state index in [2.05, 4.69) is 0 Å². The van der Waals surface area contributed by atoms with Gasteiger partial charge in [0.1, 0.15) is 0 Å². The van der Waals surface area contributed by atoms with Crippen LogP contribution in [0.15, 0.2) is 30.3 Å². The number of carbonyl (C=O) groups excluding carboxylic acids is 1. The molecule has 0 N–H and O–H groups in total. The first kappa shape index (κ1) is 10.3. The summed E-state index contributed by atoms with van der Waals surface area (Å²) in [4.78, 5) is 11.6. The fraction of sp³-hybridized carbons (Fsp3) is 0.364. The van der Waals surface area contributed by atoms with E-state index < -0.39 is 0 Å². The molecule has 1 unspecified atom stereocenters. The van der Waals surface area contributed by atoms with Gasteiger partial charge in [-0.3, -0.25) is 4.79 Å². The normalized spacial score (nSPS) is 12.5. The lowest BCUT2D eigenvalue weighted by Gasteiger charge is -2.05. The highest BCUT2D eigenvalue weighted by atomic mass is 35.5. The first-order valence-corrected chi connectivity index (χ1v) is 4.92. The molecule has 0 fully saturated rings. The molecule has 0 spiro atoms. The lowest BCUT2D eigenvalue weighted by Crippen LogP contribution is -2.13. The first-order valence-electron chi connectivity index (χ1n) is 4.49. The summed E-state index contributed by atoms with van der Waals surface area (Å²) in [6, 6.07) is 9.19. The Labute approximate surface area is 83.7 Å². The molecule has 1 aromatic carbocycles. The summed E-state index contributed by atoms with van der Waals surface area (Å²) in [6.07, 6.45) is 1.68. The number of carbonyl (C=O) groups is 1. The molecular weight excluding hydrogens is 184 g/mol. The summed E-state index contributed by atoms with van der Waals surface area (Å²) in [5, 5.41) is -0.368. The molecule has 2 heteroatoms. The third-order valence-electron chi connectivity index (χ3n) is 1.88. The molecule has 1 nitrogen and oxygen atoms in total. The highest BCUT2D eigenvalue weighted by molar-refractivity contribution is 6.33. The van der Waals surface area contributed by atoms with Gasteiger partial charge in [-0.1, -0.05) is 43.7 Å². The summed E-state index contributed by atoms with van der Waals surface area (Å²) in [7, 11) is 0. The second kappa shape index (κ2) is 5.03. The molecule has 0 aliphatic rings. The van der Waals surface area contributed by atoms with Crippen LogP contribution in [-0.4, -0.2) is 11.2 Å². The van der Waals surface area contributed by atoms with E-state index in [0.29, 0.717) is 5.56 Å². The molecule has 0 heterocycles. The average Bonchev–Trinajstić information content (AvgIpc) is 2.18.